The van der Waals surface area contributed by atoms with E-state index >= 15 is 0 Å². The average Bonchev–Trinajstić information content (AvgIpc) is 3.16. The van der Waals surface area contributed by atoms with Crippen molar-refractivity contribution < 1.29 is 9.53 Å². The van der Waals surface area contributed by atoms with Crippen molar-refractivity contribution in [2.75, 3.05) is 11.9 Å². The molecule has 0 bridgehead atoms. The van der Waals surface area contributed by atoms with Gasteiger partial charge in [-0.3, -0.25) is 15.2 Å². The summed E-state index contributed by atoms with van der Waals surface area (Å²) in [5.41, 5.74) is 0.795. The fourth-order valence-electron chi connectivity index (χ4n) is 2.04. The lowest BCUT2D eigenvalue weighted by atomic mass is 10.3. The number of amides is 1. The number of hydrogen-bond donors (Lipinski definition) is 2. The lowest BCUT2D eigenvalue weighted by molar-refractivity contribution is -0.118. The fraction of sp³-hybridized carbons (Fsp3) is 0.200. The van der Waals surface area contributed by atoms with E-state index in [1.807, 2.05) is 12.4 Å². The summed E-state index contributed by atoms with van der Waals surface area (Å²) < 4.78 is 8.49. The standard InChI is InChI=1S/C15H13BrClN5O2S2/c1-22-12(20-21-15(22)25)5-9-7-26-14(18-9)19-13(23)6-24-11-3-2-8(17)4-10(11)16/h2-4,7H,5-6H2,1H3,(H,21,25)(H,18,19,23). The molecule has 0 atom stereocenters. The summed E-state index contributed by atoms with van der Waals surface area (Å²) in [6.45, 7) is -0.136. The Kier molecular flexibility index (Phi) is 6.07. The molecule has 0 spiro atoms. The minimum atomic E-state index is -0.300. The van der Waals surface area contributed by atoms with Gasteiger partial charge in [-0.1, -0.05) is 11.6 Å². The summed E-state index contributed by atoms with van der Waals surface area (Å²) in [7, 11) is 1.84. The Morgan fingerprint density at radius 1 is 1.54 bits per heavy atom. The van der Waals surface area contributed by atoms with Gasteiger partial charge in [0.25, 0.3) is 5.91 Å². The second-order valence-corrected chi connectivity index (χ2v) is 7.77. The number of hydrogen-bond acceptors (Lipinski definition) is 6. The van der Waals surface area contributed by atoms with Crippen molar-refractivity contribution in [2.24, 2.45) is 7.05 Å². The number of rotatable bonds is 6. The van der Waals surface area contributed by atoms with Gasteiger partial charge >= 0.3 is 0 Å². The number of ether oxygens (including phenoxy) is 1. The number of benzene rings is 1. The van der Waals surface area contributed by atoms with Crippen molar-refractivity contribution in [2.45, 2.75) is 6.42 Å². The molecular weight excluding hydrogens is 462 g/mol. The largest absolute Gasteiger partial charge is 0.483 e. The predicted octanol–water partition coefficient (Wildman–Crippen LogP) is 3.96. The summed E-state index contributed by atoms with van der Waals surface area (Å²) in [6.07, 6.45) is 0.518. The second kappa shape index (κ2) is 8.30. The minimum absolute atomic E-state index is 0.136. The van der Waals surface area contributed by atoms with Gasteiger partial charge in [-0.05, 0) is 46.3 Å². The maximum Gasteiger partial charge on any atom is 0.264 e. The van der Waals surface area contributed by atoms with Gasteiger partial charge in [0.1, 0.15) is 11.6 Å². The number of nitrogens with zero attached hydrogens (tertiary/aromatic N) is 3. The second-order valence-electron chi connectivity index (χ2n) is 5.24. The molecular formula is C15H13BrClN5O2S2. The van der Waals surface area contributed by atoms with Crippen LogP contribution in [0.4, 0.5) is 5.13 Å². The highest BCUT2D eigenvalue weighted by atomic mass is 79.9. The number of H-pyrrole nitrogens is 1. The summed E-state index contributed by atoms with van der Waals surface area (Å²) in [5, 5.41) is 12.5. The van der Waals surface area contributed by atoms with E-state index in [4.69, 9.17) is 28.6 Å². The van der Waals surface area contributed by atoms with Crippen LogP contribution in [0.1, 0.15) is 11.5 Å². The van der Waals surface area contributed by atoms with Gasteiger partial charge in [0.15, 0.2) is 16.5 Å². The molecule has 2 heterocycles. The Morgan fingerprint density at radius 2 is 2.35 bits per heavy atom. The van der Waals surface area contributed by atoms with Crippen molar-refractivity contribution in [1.29, 1.82) is 0 Å². The first-order valence-corrected chi connectivity index (χ1v) is 9.80. The van der Waals surface area contributed by atoms with E-state index in [9.17, 15) is 4.79 Å². The number of carbonyl (C=O) groups excluding carboxylic acids is 1. The Morgan fingerprint density at radius 3 is 3.04 bits per heavy atom. The van der Waals surface area contributed by atoms with E-state index in [1.165, 1.54) is 11.3 Å². The van der Waals surface area contributed by atoms with E-state index in [2.05, 4.69) is 36.4 Å². The van der Waals surface area contributed by atoms with Crippen molar-refractivity contribution in [3.63, 3.8) is 0 Å². The van der Waals surface area contributed by atoms with Crippen molar-refractivity contribution in [1.82, 2.24) is 19.7 Å². The molecule has 0 aliphatic heterocycles. The highest BCUT2D eigenvalue weighted by molar-refractivity contribution is 9.10. The first kappa shape index (κ1) is 19.0. The molecule has 3 rings (SSSR count). The topological polar surface area (TPSA) is 84.8 Å². The van der Waals surface area contributed by atoms with Gasteiger partial charge in [-0.2, -0.15) is 5.10 Å². The molecule has 1 amide bonds. The van der Waals surface area contributed by atoms with Crippen LogP contribution >= 0.6 is 51.1 Å². The summed E-state index contributed by atoms with van der Waals surface area (Å²) in [4.78, 5) is 16.4. The molecule has 0 fully saturated rings. The van der Waals surface area contributed by atoms with E-state index < -0.39 is 0 Å². The zero-order valence-electron chi connectivity index (χ0n) is 13.5. The van der Waals surface area contributed by atoms with E-state index in [1.54, 1.807) is 22.8 Å². The lowest BCUT2D eigenvalue weighted by Crippen LogP contribution is -2.20. The van der Waals surface area contributed by atoms with Crippen molar-refractivity contribution in [3.05, 3.63) is 49.4 Å². The van der Waals surface area contributed by atoms with Gasteiger partial charge in [0.05, 0.1) is 16.6 Å². The molecule has 11 heteroatoms. The van der Waals surface area contributed by atoms with Crippen LogP contribution in [0.25, 0.3) is 0 Å². The molecule has 0 unspecified atom stereocenters. The Hall–Kier alpha value is -1.75. The molecule has 2 aromatic heterocycles. The third-order valence-electron chi connectivity index (χ3n) is 3.36. The summed E-state index contributed by atoms with van der Waals surface area (Å²) in [5.74, 6) is 1.01. The number of carbonyl (C=O) groups is 1. The van der Waals surface area contributed by atoms with E-state index in [0.717, 1.165) is 11.5 Å². The van der Waals surface area contributed by atoms with Crippen LogP contribution in [0.5, 0.6) is 5.75 Å². The minimum Gasteiger partial charge on any atom is -0.483 e. The smallest absolute Gasteiger partial charge is 0.264 e. The van der Waals surface area contributed by atoms with Crippen LogP contribution in [0.2, 0.25) is 5.02 Å². The van der Waals surface area contributed by atoms with Crippen LogP contribution in [0.15, 0.2) is 28.1 Å². The van der Waals surface area contributed by atoms with Crippen LogP contribution in [0.3, 0.4) is 0 Å². The summed E-state index contributed by atoms with van der Waals surface area (Å²) in [6, 6.07) is 5.08. The van der Waals surface area contributed by atoms with Crippen molar-refractivity contribution in [3.8, 4) is 5.75 Å². The third kappa shape index (κ3) is 4.70. The first-order chi connectivity index (χ1) is 12.4. The van der Waals surface area contributed by atoms with Crippen LogP contribution < -0.4 is 10.1 Å². The molecule has 0 saturated heterocycles. The quantitative estimate of drug-likeness (QED) is 0.528. The van der Waals surface area contributed by atoms with Gasteiger partial charge in [-0.15, -0.1) is 11.3 Å². The molecule has 0 aliphatic carbocycles. The Balaban J connectivity index is 1.55. The van der Waals surface area contributed by atoms with Crippen LogP contribution in [-0.2, 0) is 18.3 Å². The molecule has 1 aromatic carbocycles. The highest BCUT2D eigenvalue weighted by Crippen LogP contribution is 2.28. The molecule has 26 heavy (non-hydrogen) atoms. The predicted molar refractivity (Wildman–Crippen MR) is 107 cm³/mol. The maximum absolute atomic E-state index is 12.0. The zero-order valence-corrected chi connectivity index (χ0v) is 17.4. The SMILES string of the molecule is Cn1c(Cc2csc(NC(=O)COc3ccc(Cl)cc3Br)n2)n[nH]c1=S. The number of halogens is 2. The number of nitrogens with one attached hydrogen (secondary N) is 2. The molecule has 7 nitrogen and oxygen atoms in total. The lowest BCUT2D eigenvalue weighted by Gasteiger charge is -2.07. The highest BCUT2D eigenvalue weighted by Gasteiger charge is 2.11. The normalized spacial score (nSPS) is 10.7. The van der Waals surface area contributed by atoms with Crippen LogP contribution in [0, 0.1) is 4.77 Å². The first-order valence-electron chi connectivity index (χ1n) is 7.35. The molecule has 3 aromatic rings. The van der Waals surface area contributed by atoms with Gasteiger partial charge in [0.2, 0.25) is 0 Å². The molecule has 0 aliphatic rings. The van der Waals surface area contributed by atoms with Gasteiger partial charge in [0, 0.05) is 17.5 Å². The number of aromatic nitrogens is 4. The Labute approximate surface area is 171 Å². The molecule has 2 N–H and O–H groups in total. The monoisotopic (exact) mass is 473 g/mol. The van der Waals surface area contributed by atoms with Gasteiger partial charge < -0.3 is 9.30 Å². The number of aromatic amines is 1. The fourth-order valence-corrected chi connectivity index (χ4v) is 3.71. The zero-order chi connectivity index (χ0) is 18.7. The number of anilines is 1. The van der Waals surface area contributed by atoms with Crippen molar-refractivity contribution >= 4 is 62.1 Å². The van der Waals surface area contributed by atoms with E-state index in [0.29, 0.717) is 31.6 Å². The van der Waals surface area contributed by atoms with Crippen LogP contribution in [-0.4, -0.2) is 32.3 Å². The van der Waals surface area contributed by atoms with Gasteiger partial charge in [-0.25, -0.2) is 4.98 Å². The average molecular weight is 475 g/mol. The maximum atomic E-state index is 12.0. The van der Waals surface area contributed by atoms with E-state index in [-0.39, 0.29) is 12.5 Å². The Bertz CT molecular complexity index is 1000. The third-order valence-corrected chi connectivity index (χ3v) is 5.39. The molecule has 0 saturated carbocycles. The number of thiazole rings is 1. The molecule has 0 radical (unpaired) electrons. The molecule has 136 valence electrons. The summed E-state index contributed by atoms with van der Waals surface area (Å²) >= 11 is 15.6.